The summed E-state index contributed by atoms with van der Waals surface area (Å²) in [7, 11) is 1.50. The summed E-state index contributed by atoms with van der Waals surface area (Å²) in [6.45, 7) is 3.63. The van der Waals surface area contributed by atoms with Gasteiger partial charge >= 0.3 is 12.0 Å². The molecule has 1 aromatic heterocycles. The van der Waals surface area contributed by atoms with Crippen molar-refractivity contribution in [2.75, 3.05) is 5.32 Å². The number of nitrogens with zero attached hydrogens (tertiary/aromatic N) is 1. The highest BCUT2D eigenvalue weighted by Crippen LogP contribution is 2.24. The summed E-state index contributed by atoms with van der Waals surface area (Å²) in [4.78, 5) is 36.4. The summed E-state index contributed by atoms with van der Waals surface area (Å²) in [5.41, 5.74) is 3.48. The SMILES string of the molecule is Cc1ccccc1Cc1cccc([C@H](CC(=O)O)NC(=O)Nc2c(O)c(C)cn(C)c2=O)c1. The Morgan fingerprint density at radius 2 is 1.79 bits per heavy atom. The number of carbonyl (C=O) groups is 2. The summed E-state index contributed by atoms with van der Waals surface area (Å²) in [5.74, 6) is -1.41. The van der Waals surface area contributed by atoms with Crippen molar-refractivity contribution in [2.24, 2.45) is 7.05 Å². The van der Waals surface area contributed by atoms with Crippen LogP contribution in [0.1, 0.15) is 40.3 Å². The third-order valence-electron chi connectivity index (χ3n) is 5.46. The van der Waals surface area contributed by atoms with E-state index < -0.39 is 23.6 Å². The van der Waals surface area contributed by atoms with Gasteiger partial charge in [-0.25, -0.2) is 4.79 Å². The van der Waals surface area contributed by atoms with Crippen molar-refractivity contribution in [2.45, 2.75) is 32.7 Å². The van der Waals surface area contributed by atoms with Gasteiger partial charge in [0.2, 0.25) is 0 Å². The van der Waals surface area contributed by atoms with Crippen LogP contribution in [0.15, 0.2) is 59.5 Å². The molecule has 8 heteroatoms. The van der Waals surface area contributed by atoms with Gasteiger partial charge in [0.05, 0.1) is 12.5 Å². The average Bonchev–Trinajstić information content (AvgIpc) is 2.76. The minimum Gasteiger partial charge on any atom is -0.505 e. The number of carbonyl (C=O) groups excluding carboxylic acids is 1. The second-order valence-corrected chi connectivity index (χ2v) is 8.05. The van der Waals surface area contributed by atoms with Crippen molar-refractivity contribution >= 4 is 17.7 Å². The van der Waals surface area contributed by atoms with Crippen LogP contribution < -0.4 is 16.2 Å². The Morgan fingerprint density at radius 3 is 2.48 bits per heavy atom. The number of amides is 2. The number of anilines is 1. The lowest BCUT2D eigenvalue weighted by Gasteiger charge is -2.19. The van der Waals surface area contributed by atoms with Gasteiger partial charge in [-0.15, -0.1) is 0 Å². The number of rotatable bonds is 7. The van der Waals surface area contributed by atoms with Crippen molar-refractivity contribution in [3.8, 4) is 5.75 Å². The van der Waals surface area contributed by atoms with E-state index in [0.29, 0.717) is 17.5 Å². The quantitative estimate of drug-likeness (QED) is 0.439. The number of hydrogen-bond donors (Lipinski definition) is 4. The predicted octanol–water partition coefficient (Wildman–Crippen LogP) is 3.64. The molecule has 0 saturated carbocycles. The lowest BCUT2D eigenvalue weighted by Crippen LogP contribution is -2.36. The van der Waals surface area contributed by atoms with Gasteiger partial charge in [0, 0.05) is 18.8 Å². The molecule has 0 bridgehead atoms. The minimum absolute atomic E-state index is 0.266. The lowest BCUT2D eigenvalue weighted by molar-refractivity contribution is -0.137. The van der Waals surface area contributed by atoms with Crippen molar-refractivity contribution < 1.29 is 19.8 Å². The number of pyridine rings is 1. The predicted molar refractivity (Wildman–Crippen MR) is 126 cm³/mol. The molecule has 0 radical (unpaired) electrons. The van der Waals surface area contributed by atoms with Gasteiger partial charge in [-0.05, 0) is 42.5 Å². The molecule has 0 saturated heterocycles. The summed E-state index contributed by atoms with van der Waals surface area (Å²) >= 11 is 0. The fourth-order valence-electron chi connectivity index (χ4n) is 3.68. The van der Waals surface area contributed by atoms with Gasteiger partial charge in [0.1, 0.15) is 5.75 Å². The number of benzene rings is 2. The molecule has 0 aliphatic rings. The Labute approximate surface area is 191 Å². The molecule has 3 rings (SSSR count). The molecule has 0 fully saturated rings. The third kappa shape index (κ3) is 5.79. The summed E-state index contributed by atoms with van der Waals surface area (Å²) < 4.78 is 1.24. The molecule has 33 heavy (non-hydrogen) atoms. The van der Waals surface area contributed by atoms with E-state index in [9.17, 15) is 24.6 Å². The zero-order valence-corrected chi connectivity index (χ0v) is 18.8. The molecule has 1 heterocycles. The third-order valence-corrected chi connectivity index (χ3v) is 5.46. The van der Waals surface area contributed by atoms with Crippen molar-refractivity contribution in [1.29, 1.82) is 0 Å². The van der Waals surface area contributed by atoms with Gasteiger partial charge in [0.25, 0.3) is 5.56 Å². The number of aryl methyl sites for hydroxylation is 3. The van der Waals surface area contributed by atoms with E-state index in [1.807, 2.05) is 49.4 Å². The zero-order chi connectivity index (χ0) is 24.1. The highest BCUT2D eigenvalue weighted by Gasteiger charge is 2.21. The topological polar surface area (TPSA) is 121 Å². The number of aliphatic carboxylic acids is 1. The Balaban J connectivity index is 1.84. The highest BCUT2D eigenvalue weighted by molar-refractivity contribution is 5.91. The average molecular weight is 450 g/mol. The largest absolute Gasteiger partial charge is 0.505 e. The molecular weight excluding hydrogens is 422 g/mol. The first-order valence-electron chi connectivity index (χ1n) is 10.5. The van der Waals surface area contributed by atoms with E-state index in [1.165, 1.54) is 17.8 Å². The molecule has 0 aliphatic carbocycles. The van der Waals surface area contributed by atoms with Gasteiger partial charge in [0.15, 0.2) is 5.69 Å². The first-order chi connectivity index (χ1) is 15.7. The lowest BCUT2D eigenvalue weighted by atomic mass is 9.96. The van der Waals surface area contributed by atoms with Crippen LogP contribution in [0, 0.1) is 13.8 Å². The number of carboxylic acids is 1. The Kier molecular flexibility index (Phi) is 7.17. The van der Waals surface area contributed by atoms with Crippen LogP contribution in [-0.2, 0) is 18.3 Å². The van der Waals surface area contributed by atoms with E-state index in [4.69, 9.17) is 0 Å². The maximum absolute atomic E-state index is 12.7. The molecule has 0 unspecified atom stereocenters. The molecule has 2 amide bonds. The second kappa shape index (κ2) is 10.0. The van der Waals surface area contributed by atoms with Crippen LogP contribution in [0.5, 0.6) is 5.75 Å². The van der Waals surface area contributed by atoms with Crippen LogP contribution in [-0.4, -0.2) is 26.8 Å². The summed E-state index contributed by atoms with van der Waals surface area (Å²) in [6.07, 6.45) is 1.77. The zero-order valence-electron chi connectivity index (χ0n) is 18.8. The van der Waals surface area contributed by atoms with Crippen LogP contribution >= 0.6 is 0 Å². The number of aromatic nitrogens is 1. The van der Waals surface area contributed by atoms with E-state index >= 15 is 0 Å². The van der Waals surface area contributed by atoms with E-state index in [1.54, 1.807) is 13.0 Å². The first kappa shape index (κ1) is 23.6. The number of carboxylic acid groups (broad SMARTS) is 1. The molecule has 2 aromatic carbocycles. The van der Waals surface area contributed by atoms with Crippen LogP contribution in [0.4, 0.5) is 10.5 Å². The number of aromatic hydroxyl groups is 1. The molecular formula is C25H27N3O5. The number of urea groups is 1. The van der Waals surface area contributed by atoms with Gasteiger partial charge in [-0.1, -0.05) is 48.5 Å². The maximum Gasteiger partial charge on any atom is 0.319 e. The van der Waals surface area contributed by atoms with Crippen LogP contribution in [0.25, 0.3) is 0 Å². The number of nitrogens with one attached hydrogen (secondary N) is 2. The first-order valence-corrected chi connectivity index (χ1v) is 10.5. The fourth-order valence-corrected chi connectivity index (χ4v) is 3.68. The van der Waals surface area contributed by atoms with E-state index in [2.05, 4.69) is 10.6 Å². The van der Waals surface area contributed by atoms with Crippen molar-refractivity contribution in [3.05, 3.63) is 92.9 Å². The summed E-state index contributed by atoms with van der Waals surface area (Å²) in [5, 5.41) is 24.6. The highest BCUT2D eigenvalue weighted by atomic mass is 16.4. The van der Waals surface area contributed by atoms with Crippen LogP contribution in [0.3, 0.4) is 0 Å². The van der Waals surface area contributed by atoms with E-state index in [-0.39, 0.29) is 17.9 Å². The van der Waals surface area contributed by atoms with Crippen molar-refractivity contribution in [1.82, 2.24) is 9.88 Å². The van der Waals surface area contributed by atoms with E-state index in [0.717, 1.165) is 16.7 Å². The Bertz CT molecular complexity index is 1250. The number of hydrogen-bond acceptors (Lipinski definition) is 4. The molecule has 3 aromatic rings. The van der Waals surface area contributed by atoms with Crippen molar-refractivity contribution in [3.63, 3.8) is 0 Å². The Hall–Kier alpha value is -4.07. The Morgan fingerprint density at radius 1 is 1.06 bits per heavy atom. The maximum atomic E-state index is 12.7. The molecule has 8 nitrogen and oxygen atoms in total. The van der Waals surface area contributed by atoms with Gasteiger partial charge in [-0.3, -0.25) is 9.59 Å². The summed E-state index contributed by atoms with van der Waals surface area (Å²) in [6, 6.07) is 13.8. The standard InChI is InChI=1S/C25H27N3O5/c1-15-7-4-5-9-18(15)11-17-8-6-10-19(12-17)20(13-21(29)30)26-25(33)27-22-23(31)16(2)14-28(3)24(22)32/h4-10,12,14,20,31H,11,13H2,1-3H3,(H,29,30)(H2,26,27,33)/t20-/m0/s1. The minimum atomic E-state index is -1.08. The van der Waals surface area contributed by atoms with Crippen LogP contribution in [0.2, 0.25) is 0 Å². The fraction of sp³-hybridized carbons (Fsp3) is 0.240. The molecule has 172 valence electrons. The van der Waals surface area contributed by atoms with Gasteiger partial charge < -0.3 is 25.4 Å². The monoisotopic (exact) mass is 449 g/mol. The molecule has 0 spiro atoms. The molecule has 1 atom stereocenters. The second-order valence-electron chi connectivity index (χ2n) is 8.05. The van der Waals surface area contributed by atoms with Gasteiger partial charge in [-0.2, -0.15) is 0 Å². The molecule has 0 aliphatic heterocycles. The normalized spacial score (nSPS) is 11.6. The molecule has 4 N–H and O–H groups in total. The smallest absolute Gasteiger partial charge is 0.319 e.